The van der Waals surface area contributed by atoms with Gasteiger partial charge in [0.05, 0.1) is 6.33 Å². The third-order valence-corrected chi connectivity index (χ3v) is 2.88. The fourth-order valence-corrected chi connectivity index (χ4v) is 1.86. The lowest BCUT2D eigenvalue weighted by Crippen LogP contribution is -2.13. The number of rotatable bonds is 3. The highest BCUT2D eigenvalue weighted by Crippen LogP contribution is 2.34. The van der Waals surface area contributed by atoms with Crippen molar-refractivity contribution in [3.05, 3.63) is 12.2 Å². The summed E-state index contributed by atoms with van der Waals surface area (Å²) in [5.74, 6) is 2.60. The van der Waals surface area contributed by atoms with Gasteiger partial charge in [0.1, 0.15) is 0 Å². The largest absolute Gasteiger partial charge is 0.368 e. The molecule has 0 saturated heterocycles. The Bertz CT molecular complexity index is 554. The summed E-state index contributed by atoms with van der Waals surface area (Å²) >= 11 is 0. The van der Waals surface area contributed by atoms with Gasteiger partial charge in [-0.3, -0.25) is 0 Å². The van der Waals surface area contributed by atoms with Crippen LogP contribution in [-0.2, 0) is 6.54 Å². The summed E-state index contributed by atoms with van der Waals surface area (Å²) in [6, 6.07) is 0. The summed E-state index contributed by atoms with van der Waals surface area (Å²) in [6.07, 6.45) is 4.26. The Hall–Kier alpha value is -1.85. The molecule has 1 aliphatic rings. The van der Waals surface area contributed by atoms with E-state index in [1.807, 2.05) is 29.9 Å². The monoisotopic (exact) mass is 231 g/mol. The molecule has 2 aromatic rings. The van der Waals surface area contributed by atoms with Crippen molar-refractivity contribution >= 4 is 22.9 Å². The first-order chi connectivity index (χ1) is 8.15. The summed E-state index contributed by atoms with van der Waals surface area (Å²) in [5.41, 5.74) is 7.37. The van der Waals surface area contributed by atoms with Crippen LogP contribution in [0.4, 0.5) is 11.8 Å². The van der Waals surface area contributed by atoms with Gasteiger partial charge in [-0.2, -0.15) is 9.97 Å². The quantitative estimate of drug-likeness (QED) is 0.847. The van der Waals surface area contributed by atoms with Crippen LogP contribution in [-0.4, -0.2) is 33.6 Å². The predicted octanol–water partition coefficient (Wildman–Crippen LogP) is 0.843. The molecule has 0 bridgehead atoms. The molecule has 17 heavy (non-hydrogen) atoms. The number of anilines is 2. The van der Waals surface area contributed by atoms with Crippen LogP contribution in [0, 0.1) is 5.92 Å². The number of aromatic nitrogens is 4. The summed E-state index contributed by atoms with van der Waals surface area (Å²) in [4.78, 5) is 14.8. The van der Waals surface area contributed by atoms with Crippen molar-refractivity contribution in [1.82, 2.24) is 19.5 Å². The zero-order chi connectivity index (χ0) is 12.0. The topological polar surface area (TPSA) is 72.9 Å². The van der Waals surface area contributed by atoms with Gasteiger partial charge in [-0.25, -0.2) is 4.98 Å². The van der Waals surface area contributed by atoms with Crippen LogP contribution >= 0.6 is 0 Å². The maximum Gasteiger partial charge on any atom is 0.224 e. The van der Waals surface area contributed by atoms with Crippen LogP contribution in [0.2, 0.25) is 0 Å². The van der Waals surface area contributed by atoms with E-state index in [2.05, 4.69) is 15.0 Å². The van der Waals surface area contributed by atoms with Crippen molar-refractivity contribution in [2.24, 2.45) is 0 Å². The van der Waals surface area contributed by atoms with Crippen molar-refractivity contribution in [2.45, 2.75) is 19.4 Å². The molecule has 6 heteroatoms. The first-order valence-corrected chi connectivity index (χ1v) is 5.64. The molecular weight excluding hydrogens is 216 g/mol. The van der Waals surface area contributed by atoms with Crippen LogP contribution in [0.1, 0.15) is 12.8 Å². The number of imidazole rings is 1. The second-order valence-electron chi connectivity index (χ2n) is 4.59. The van der Waals surface area contributed by atoms with Gasteiger partial charge < -0.3 is 15.2 Å². The van der Waals surface area contributed by atoms with Crippen LogP contribution in [0.25, 0.3) is 11.2 Å². The number of nitrogens with two attached hydrogens (primary N) is 1. The van der Waals surface area contributed by atoms with Gasteiger partial charge in [0.2, 0.25) is 5.95 Å². The van der Waals surface area contributed by atoms with Gasteiger partial charge >= 0.3 is 0 Å². The fraction of sp³-hybridized carbons (Fsp3) is 0.455. The van der Waals surface area contributed by atoms with Crippen molar-refractivity contribution in [3.8, 4) is 0 Å². The summed E-state index contributed by atoms with van der Waals surface area (Å²) in [7, 11) is 3.85. The first kappa shape index (κ1) is 10.3. The molecule has 6 nitrogen and oxygen atoms in total. The molecule has 2 aromatic heterocycles. The van der Waals surface area contributed by atoms with E-state index in [9.17, 15) is 0 Å². The Labute approximate surface area is 99.5 Å². The van der Waals surface area contributed by atoms with Crippen LogP contribution < -0.4 is 10.6 Å². The molecule has 89 valence electrons. The van der Waals surface area contributed by atoms with E-state index in [-0.39, 0.29) is 0 Å². The smallest absolute Gasteiger partial charge is 0.224 e. The van der Waals surface area contributed by atoms with E-state index in [1.54, 1.807) is 0 Å². The van der Waals surface area contributed by atoms with Crippen molar-refractivity contribution in [1.29, 1.82) is 0 Å². The lowest BCUT2D eigenvalue weighted by atomic mass is 10.4. The minimum Gasteiger partial charge on any atom is -0.368 e. The summed E-state index contributed by atoms with van der Waals surface area (Å²) in [5, 5.41) is 0. The zero-order valence-corrected chi connectivity index (χ0v) is 10.0. The third-order valence-electron chi connectivity index (χ3n) is 2.88. The maximum absolute atomic E-state index is 5.74. The van der Waals surface area contributed by atoms with E-state index < -0.39 is 0 Å². The standard InChI is InChI=1S/C11H15N6/c1-16(2)9-8-10(15-11(12)14-9)17(6-13-8)5-7-3-4-7/h6H,3-5H2,1-2H3,(H2,12,14,15). The van der Waals surface area contributed by atoms with Gasteiger partial charge in [-0.1, -0.05) is 0 Å². The van der Waals surface area contributed by atoms with E-state index in [4.69, 9.17) is 5.73 Å². The zero-order valence-electron chi connectivity index (χ0n) is 10.0. The van der Waals surface area contributed by atoms with Gasteiger partial charge in [0.15, 0.2) is 17.0 Å². The van der Waals surface area contributed by atoms with Crippen LogP contribution in [0.3, 0.4) is 0 Å². The Morgan fingerprint density at radius 2 is 2.12 bits per heavy atom. The Kier molecular flexibility index (Phi) is 2.17. The minimum atomic E-state index is 0.295. The normalized spacial score (nSPS) is 15.4. The number of nitrogen functional groups attached to an aromatic ring is 1. The van der Waals surface area contributed by atoms with Gasteiger partial charge in [-0.05, 0) is 18.8 Å². The van der Waals surface area contributed by atoms with Gasteiger partial charge in [0, 0.05) is 20.6 Å². The second-order valence-corrected chi connectivity index (χ2v) is 4.59. The van der Waals surface area contributed by atoms with Crippen molar-refractivity contribution in [2.75, 3.05) is 24.7 Å². The molecular formula is C11H15N6. The molecule has 0 aromatic carbocycles. The highest BCUT2D eigenvalue weighted by Gasteiger charge is 2.24. The molecule has 0 atom stereocenters. The molecule has 0 unspecified atom stereocenters. The van der Waals surface area contributed by atoms with Crippen molar-refractivity contribution in [3.63, 3.8) is 0 Å². The Balaban J connectivity index is 2.13. The average molecular weight is 231 g/mol. The third kappa shape index (κ3) is 1.79. The van der Waals surface area contributed by atoms with E-state index in [0.29, 0.717) is 5.95 Å². The van der Waals surface area contributed by atoms with Crippen LogP contribution in [0.15, 0.2) is 6.33 Å². The molecule has 3 rings (SSSR count). The molecule has 0 spiro atoms. The summed E-state index contributed by atoms with van der Waals surface area (Å²) < 4.78 is 2.04. The first-order valence-electron chi connectivity index (χ1n) is 5.64. The number of hydrogen-bond acceptors (Lipinski definition) is 5. The molecule has 2 N–H and O–H groups in total. The Morgan fingerprint density at radius 3 is 2.76 bits per heavy atom. The number of hydrogen-bond donors (Lipinski definition) is 1. The Morgan fingerprint density at radius 1 is 1.35 bits per heavy atom. The van der Waals surface area contributed by atoms with Gasteiger partial charge in [0.25, 0.3) is 0 Å². The van der Waals surface area contributed by atoms with Crippen molar-refractivity contribution < 1.29 is 0 Å². The lowest BCUT2D eigenvalue weighted by molar-refractivity contribution is 0.778. The second kappa shape index (κ2) is 3.58. The highest BCUT2D eigenvalue weighted by molar-refractivity contribution is 5.84. The molecule has 2 heterocycles. The highest BCUT2D eigenvalue weighted by atomic mass is 15.2. The van der Waals surface area contributed by atoms with Gasteiger partial charge in [-0.15, -0.1) is 0 Å². The minimum absolute atomic E-state index is 0.295. The number of nitrogens with zero attached hydrogens (tertiary/aromatic N) is 5. The molecule has 1 saturated carbocycles. The molecule has 1 aliphatic carbocycles. The van der Waals surface area contributed by atoms with Crippen LogP contribution in [0.5, 0.6) is 0 Å². The van der Waals surface area contributed by atoms with E-state index in [1.165, 1.54) is 18.8 Å². The SMILES string of the molecule is CN(C)c1nc(N)nc2c1ncn2C[C]1CC1. The predicted molar refractivity (Wildman–Crippen MR) is 66.5 cm³/mol. The maximum atomic E-state index is 5.74. The molecule has 1 radical (unpaired) electrons. The lowest BCUT2D eigenvalue weighted by Gasteiger charge is -2.12. The fourth-order valence-electron chi connectivity index (χ4n) is 1.86. The van der Waals surface area contributed by atoms with E-state index in [0.717, 1.165) is 23.5 Å². The average Bonchev–Trinajstić information content (AvgIpc) is 3.00. The number of fused-ring (bicyclic) bond motifs is 1. The molecule has 1 fully saturated rings. The molecule has 0 amide bonds. The summed E-state index contributed by atoms with van der Waals surface area (Å²) in [6.45, 7) is 0.903. The molecule has 0 aliphatic heterocycles. The van der Waals surface area contributed by atoms with E-state index >= 15 is 0 Å².